The number of pyridine rings is 1. The number of hydrogen-bond donors (Lipinski definition) is 2. The first-order valence-electron chi connectivity index (χ1n) is 12.6. The summed E-state index contributed by atoms with van der Waals surface area (Å²) in [6.07, 6.45) is 7.80. The monoisotopic (exact) mass is 517 g/mol. The van der Waals surface area contributed by atoms with Gasteiger partial charge in [-0.1, -0.05) is 23.7 Å². The Morgan fingerprint density at radius 2 is 1.95 bits per heavy atom. The fourth-order valence-electron chi connectivity index (χ4n) is 5.11. The molecule has 0 spiro atoms. The molecular formula is C27H28ClN7O2. The second kappa shape index (κ2) is 10.2. The maximum atomic E-state index is 14.1. The van der Waals surface area contributed by atoms with E-state index in [9.17, 15) is 4.79 Å². The second-order valence-electron chi connectivity index (χ2n) is 9.63. The highest BCUT2D eigenvalue weighted by atomic mass is 35.5. The SMILES string of the molecule is Cc1cncc(-c2ccc(-c3cc4cnc(N[C@@H]5CCOC5)nc4n(C4CCNCC4)c3=O)c(Cl)c2)n1. The lowest BCUT2D eigenvalue weighted by Crippen LogP contribution is -2.35. The molecule has 0 saturated carbocycles. The molecule has 3 aromatic heterocycles. The molecule has 2 aliphatic heterocycles. The van der Waals surface area contributed by atoms with Crippen molar-refractivity contribution in [3.8, 4) is 22.4 Å². The Kier molecular flexibility index (Phi) is 6.58. The van der Waals surface area contributed by atoms with Crippen molar-refractivity contribution in [1.29, 1.82) is 0 Å². The lowest BCUT2D eigenvalue weighted by molar-refractivity contribution is 0.195. The van der Waals surface area contributed by atoms with Crippen molar-refractivity contribution in [3.63, 3.8) is 0 Å². The average Bonchev–Trinajstić information content (AvgIpc) is 3.42. The van der Waals surface area contributed by atoms with Gasteiger partial charge in [-0.15, -0.1) is 0 Å². The van der Waals surface area contributed by atoms with Crippen LogP contribution >= 0.6 is 11.6 Å². The molecule has 0 radical (unpaired) electrons. The lowest BCUT2D eigenvalue weighted by atomic mass is 10.0. The molecule has 0 amide bonds. The average molecular weight is 518 g/mol. The number of ether oxygens (including phenoxy) is 1. The third kappa shape index (κ3) is 4.82. The van der Waals surface area contributed by atoms with Crippen LogP contribution < -0.4 is 16.2 Å². The summed E-state index contributed by atoms with van der Waals surface area (Å²) in [4.78, 5) is 32.2. The van der Waals surface area contributed by atoms with Crippen molar-refractivity contribution in [2.45, 2.75) is 38.3 Å². The summed E-state index contributed by atoms with van der Waals surface area (Å²) in [5, 5.41) is 8.02. The number of nitrogens with one attached hydrogen (secondary N) is 2. The number of aryl methyl sites for hydroxylation is 1. The largest absolute Gasteiger partial charge is 0.379 e. The number of piperidine rings is 1. The minimum absolute atomic E-state index is 0.0365. The molecule has 2 N–H and O–H groups in total. The van der Waals surface area contributed by atoms with Crippen molar-refractivity contribution < 1.29 is 4.74 Å². The van der Waals surface area contributed by atoms with E-state index in [4.69, 9.17) is 21.3 Å². The minimum Gasteiger partial charge on any atom is -0.379 e. The third-order valence-corrected chi connectivity index (χ3v) is 7.33. The summed E-state index contributed by atoms with van der Waals surface area (Å²) in [6.45, 7) is 4.96. The van der Waals surface area contributed by atoms with Gasteiger partial charge in [0.2, 0.25) is 5.95 Å². The van der Waals surface area contributed by atoms with Gasteiger partial charge < -0.3 is 15.4 Å². The molecule has 1 atom stereocenters. The lowest BCUT2D eigenvalue weighted by Gasteiger charge is -2.26. The molecule has 2 saturated heterocycles. The molecule has 190 valence electrons. The number of hydrogen-bond acceptors (Lipinski definition) is 8. The predicted octanol–water partition coefficient (Wildman–Crippen LogP) is 4.00. The van der Waals surface area contributed by atoms with Gasteiger partial charge in [0.15, 0.2) is 0 Å². The van der Waals surface area contributed by atoms with E-state index in [2.05, 4.69) is 25.6 Å². The van der Waals surface area contributed by atoms with Crippen LogP contribution in [0.15, 0.2) is 47.7 Å². The fourth-order valence-corrected chi connectivity index (χ4v) is 5.39. The van der Waals surface area contributed by atoms with Gasteiger partial charge in [-0.2, -0.15) is 4.98 Å². The number of halogens is 1. The molecule has 0 unspecified atom stereocenters. The Morgan fingerprint density at radius 1 is 1.08 bits per heavy atom. The molecule has 5 heterocycles. The quantitative estimate of drug-likeness (QED) is 0.409. The van der Waals surface area contributed by atoms with E-state index in [0.717, 1.165) is 61.3 Å². The van der Waals surface area contributed by atoms with Gasteiger partial charge in [-0.3, -0.25) is 14.3 Å². The van der Waals surface area contributed by atoms with Crippen molar-refractivity contribution in [1.82, 2.24) is 29.8 Å². The molecule has 4 aromatic rings. The Morgan fingerprint density at radius 3 is 2.70 bits per heavy atom. The van der Waals surface area contributed by atoms with Crippen molar-refractivity contribution in [2.75, 3.05) is 31.6 Å². The zero-order chi connectivity index (χ0) is 25.4. The topological polar surface area (TPSA) is 107 Å². The van der Waals surface area contributed by atoms with Crippen molar-refractivity contribution >= 4 is 28.6 Å². The normalized spacial score (nSPS) is 18.4. The van der Waals surface area contributed by atoms with Crippen LogP contribution in [0.3, 0.4) is 0 Å². The molecule has 9 nitrogen and oxygen atoms in total. The van der Waals surface area contributed by atoms with E-state index < -0.39 is 0 Å². The maximum Gasteiger partial charge on any atom is 0.260 e. The van der Waals surface area contributed by atoms with E-state index in [1.807, 2.05) is 35.8 Å². The zero-order valence-electron chi connectivity index (χ0n) is 20.6. The number of benzene rings is 1. The summed E-state index contributed by atoms with van der Waals surface area (Å²) >= 11 is 6.78. The van der Waals surface area contributed by atoms with E-state index in [1.54, 1.807) is 18.6 Å². The first-order valence-corrected chi connectivity index (χ1v) is 13.0. The Bertz CT molecular complexity index is 1510. The Hall–Kier alpha value is -3.40. The summed E-state index contributed by atoms with van der Waals surface area (Å²) in [5.74, 6) is 0.513. The summed E-state index contributed by atoms with van der Waals surface area (Å²) < 4.78 is 7.32. The van der Waals surface area contributed by atoms with Crippen LogP contribution in [0.4, 0.5) is 5.95 Å². The molecule has 0 aliphatic carbocycles. The molecular weight excluding hydrogens is 490 g/mol. The minimum atomic E-state index is -0.0988. The van der Waals surface area contributed by atoms with Gasteiger partial charge >= 0.3 is 0 Å². The maximum absolute atomic E-state index is 14.1. The van der Waals surface area contributed by atoms with Crippen LogP contribution in [0.25, 0.3) is 33.4 Å². The fraction of sp³-hybridized carbons (Fsp3) is 0.370. The Balaban J connectivity index is 1.46. The van der Waals surface area contributed by atoms with Gasteiger partial charge in [0, 0.05) is 52.1 Å². The predicted molar refractivity (Wildman–Crippen MR) is 144 cm³/mol. The third-order valence-electron chi connectivity index (χ3n) is 7.02. The zero-order valence-corrected chi connectivity index (χ0v) is 21.3. The van der Waals surface area contributed by atoms with E-state index in [1.165, 1.54) is 0 Å². The number of fused-ring (bicyclic) bond motifs is 1. The van der Waals surface area contributed by atoms with Crippen molar-refractivity contribution in [2.24, 2.45) is 0 Å². The van der Waals surface area contributed by atoms with Crippen molar-refractivity contribution in [3.05, 3.63) is 63.9 Å². The number of aromatic nitrogens is 5. The molecule has 37 heavy (non-hydrogen) atoms. The van der Waals surface area contributed by atoms with Crippen LogP contribution in [-0.2, 0) is 4.74 Å². The molecule has 6 rings (SSSR count). The van der Waals surface area contributed by atoms with Gasteiger partial charge in [-0.05, 0) is 51.4 Å². The van der Waals surface area contributed by atoms with E-state index in [0.29, 0.717) is 34.4 Å². The van der Waals surface area contributed by atoms with Gasteiger partial charge in [0.05, 0.1) is 30.2 Å². The van der Waals surface area contributed by atoms with E-state index in [-0.39, 0.29) is 17.6 Å². The van der Waals surface area contributed by atoms with Gasteiger partial charge in [0.1, 0.15) is 5.65 Å². The summed E-state index contributed by atoms with van der Waals surface area (Å²) in [6, 6.07) is 7.71. The number of rotatable bonds is 5. The van der Waals surface area contributed by atoms with Crippen LogP contribution in [0, 0.1) is 6.92 Å². The standard InChI is InChI=1S/C27H28ClN7O2/c1-16-12-30-14-24(32-16)17-2-3-21(23(28)11-17)22-10-18-13-31-27(33-19-6-9-37-15-19)34-25(18)35(26(22)36)20-4-7-29-8-5-20/h2-3,10-14,19-20,29H,4-9,15H2,1H3,(H,31,33,34)/t19-/m1/s1. The molecule has 0 bridgehead atoms. The second-order valence-corrected chi connectivity index (χ2v) is 10.0. The van der Waals surface area contributed by atoms with Gasteiger partial charge in [0.25, 0.3) is 5.56 Å². The molecule has 2 aliphatic rings. The number of nitrogens with zero attached hydrogens (tertiary/aromatic N) is 5. The smallest absolute Gasteiger partial charge is 0.260 e. The highest BCUT2D eigenvalue weighted by Crippen LogP contribution is 2.33. The van der Waals surface area contributed by atoms with Crippen LogP contribution in [-0.4, -0.2) is 56.8 Å². The number of anilines is 1. The molecule has 10 heteroatoms. The highest BCUT2D eigenvalue weighted by Gasteiger charge is 2.24. The van der Waals surface area contributed by atoms with Crippen LogP contribution in [0.1, 0.15) is 31.0 Å². The Labute approximate surface area is 219 Å². The van der Waals surface area contributed by atoms with Crippen LogP contribution in [0.5, 0.6) is 0 Å². The van der Waals surface area contributed by atoms with Crippen LogP contribution in [0.2, 0.25) is 5.02 Å². The highest BCUT2D eigenvalue weighted by molar-refractivity contribution is 6.33. The summed E-state index contributed by atoms with van der Waals surface area (Å²) in [7, 11) is 0. The summed E-state index contributed by atoms with van der Waals surface area (Å²) in [5.41, 5.74) is 4.15. The molecule has 2 fully saturated rings. The first kappa shape index (κ1) is 24.0. The molecule has 1 aromatic carbocycles. The first-order chi connectivity index (χ1) is 18.1. The van der Waals surface area contributed by atoms with E-state index >= 15 is 0 Å². The van der Waals surface area contributed by atoms with Gasteiger partial charge in [-0.25, -0.2) is 9.97 Å².